The molecule has 0 fully saturated rings. The van der Waals surface area contributed by atoms with E-state index in [2.05, 4.69) is 29.8 Å². The molecule has 0 amide bonds. The summed E-state index contributed by atoms with van der Waals surface area (Å²) < 4.78 is 6.25. The molecule has 0 heterocycles. The number of methoxy groups -OCH3 is 1. The summed E-state index contributed by atoms with van der Waals surface area (Å²) in [6, 6.07) is 5.97. The Bertz CT molecular complexity index is 327. The quantitative estimate of drug-likeness (QED) is 0.910. The molecule has 0 aliphatic rings. The van der Waals surface area contributed by atoms with Crippen LogP contribution in [0.5, 0.6) is 5.75 Å². The molecule has 0 aliphatic carbocycles. The van der Waals surface area contributed by atoms with Crippen LogP contribution in [0.25, 0.3) is 0 Å². The molecule has 0 spiro atoms. The first-order chi connectivity index (χ1) is 7.10. The van der Waals surface area contributed by atoms with Crippen LogP contribution < -0.4 is 10.5 Å². The predicted octanol–water partition coefficient (Wildman–Crippen LogP) is 3.50. The molecular formula is C12H18BrNO. The summed E-state index contributed by atoms with van der Waals surface area (Å²) in [6.07, 6.45) is 1.07. The Morgan fingerprint density at radius 2 is 2.13 bits per heavy atom. The molecule has 1 aromatic carbocycles. The lowest BCUT2D eigenvalue weighted by molar-refractivity contribution is 0.410. The second kappa shape index (κ2) is 5.52. The fourth-order valence-corrected chi connectivity index (χ4v) is 1.98. The zero-order valence-corrected chi connectivity index (χ0v) is 11.0. The Labute approximate surface area is 99.9 Å². The van der Waals surface area contributed by atoms with Gasteiger partial charge >= 0.3 is 0 Å². The van der Waals surface area contributed by atoms with E-state index in [1.807, 2.05) is 18.2 Å². The maximum absolute atomic E-state index is 6.19. The van der Waals surface area contributed by atoms with Crippen LogP contribution in [0.4, 0.5) is 0 Å². The normalized spacial score (nSPS) is 14.7. The molecule has 0 aliphatic heterocycles. The second-order valence-corrected chi connectivity index (χ2v) is 4.65. The molecule has 84 valence electrons. The van der Waals surface area contributed by atoms with E-state index < -0.39 is 0 Å². The van der Waals surface area contributed by atoms with E-state index in [-0.39, 0.29) is 6.04 Å². The Balaban J connectivity index is 3.01. The molecule has 1 aromatic rings. The van der Waals surface area contributed by atoms with Gasteiger partial charge in [-0.25, -0.2) is 0 Å². The largest absolute Gasteiger partial charge is 0.497 e. The minimum absolute atomic E-state index is 0.0551. The summed E-state index contributed by atoms with van der Waals surface area (Å²) in [4.78, 5) is 0. The van der Waals surface area contributed by atoms with Crippen molar-refractivity contribution < 1.29 is 4.74 Å². The van der Waals surface area contributed by atoms with Crippen molar-refractivity contribution in [2.24, 2.45) is 11.7 Å². The van der Waals surface area contributed by atoms with E-state index >= 15 is 0 Å². The number of hydrogen-bond acceptors (Lipinski definition) is 2. The van der Waals surface area contributed by atoms with Crippen LogP contribution in [0.15, 0.2) is 22.7 Å². The fraction of sp³-hybridized carbons (Fsp3) is 0.500. The SMILES string of the molecule is CCC(C)[C@H](N)c1cc(OC)ccc1Br. The molecule has 2 nitrogen and oxygen atoms in total. The zero-order chi connectivity index (χ0) is 11.4. The zero-order valence-electron chi connectivity index (χ0n) is 9.46. The van der Waals surface area contributed by atoms with E-state index in [4.69, 9.17) is 10.5 Å². The maximum atomic E-state index is 6.19. The third-order valence-corrected chi connectivity index (χ3v) is 3.54. The van der Waals surface area contributed by atoms with Gasteiger partial charge in [-0.1, -0.05) is 36.2 Å². The highest BCUT2D eigenvalue weighted by Gasteiger charge is 2.16. The Morgan fingerprint density at radius 3 is 2.67 bits per heavy atom. The van der Waals surface area contributed by atoms with Gasteiger partial charge in [-0.2, -0.15) is 0 Å². The van der Waals surface area contributed by atoms with E-state index in [9.17, 15) is 0 Å². The maximum Gasteiger partial charge on any atom is 0.119 e. The standard InChI is InChI=1S/C12H18BrNO/c1-4-8(2)12(14)10-7-9(15-3)5-6-11(10)13/h5-8,12H,4,14H2,1-3H3/t8?,12-/m0/s1. The summed E-state index contributed by atoms with van der Waals surface area (Å²) >= 11 is 3.52. The van der Waals surface area contributed by atoms with E-state index in [1.54, 1.807) is 7.11 Å². The average molecular weight is 272 g/mol. The lowest BCUT2D eigenvalue weighted by Gasteiger charge is -2.20. The van der Waals surface area contributed by atoms with Crippen molar-refractivity contribution in [1.82, 2.24) is 0 Å². The highest BCUT2D eigenvalue weighted by Crippen LogP contribution is 2.31. The molecule has 15 heavy (non-hydrogen) atoms. The van der Waals surface area contributed by atoms with Crippen molar-refractivity contribution in [3.63, 3.8) is 0 Å². The summed E-state index contributed by atoms with van der Waals surface area (Å²) in [5.74, 6) is 1.32. The van der Waals surface area contributed by atoms with Crippen molar-refractivity contribution in [3.05, 3.63) is 28.2 Å². The number of rotatable bonds is 4. The van der Waals surface area contributed by atoms with Crippen LogP contribution in [0.3, 0.4) is 0 Å². The minimum atomic E-state index is 0.0551. The van der Waals surface area contributed by atoms with Crippen molar-refractivity contribution in [1.29, 1.82) is 0 Å². The summed E-state index contributed by atoms with van der Waals surface area (Å²) in [5, 5.41) is 0. The second-order valence-electron chi connectivity index (χ2n) is 3.80. The van der Waals surface area contributed by atoms with Gasteiger partial charge in [-0.3, -0.25) is 0 Å². The first-order valence-corrected chi connectivity index (χ1v) is 5.98. The number of nitrogens with two attached hydrogens (primary N) is 1. The van der Waals surface area contributed by atoms with Crippen LogP contribution in [0.1, 0.15) is 31.9 Å². The van der Waals surface area contributed by atoms with E-state index in [0.29, 0.717) is 5.92 Å². The summed E-state index contributed by atoms with van der Waals surface area (Å²) in [7, 11) is 1.67. The first kappa shape index (κ1) is 12.5. The fourth-order valence-electron chi connectivity index (χ4n) is 1.46. The van der Waals surface area contributed by atoms with Gasteiger partial charge in [0, 0.05) is 10.5 Å². The van der Waals surface area contributed by atoms with Gasteiger partial charge in [0.2, 0.25) is 0 Å². The predicted molar refractivity (Wildman–Crippen MR) is 67.1 cm³/mol. The molecule has 2 atom stereocenters. The molecule has 0 aromatic heterocycles. The third-order valence-electron chi connectivity index (χ3n) is 2.82. The molecular weight excluding hydrogens is 254 g/mol. The monoisotopic (exact) mass is 271 g/mol. The average Bonchev–Trinajstić information content (AvgIpc) is 2.27. The number of halogens is 1. The van der Waals surface area contributed by atoms with Gasteiger partial charge < -0.3 is 10.5 Å². The van der Waals surface area contributed by atoms with Gasteiger partial charge in [-0.05, 0) is 29.7 Å². The molecule has 3 heteroatoms. The van der Waals surface area contributed by atoms with E-state index in [1.165, 1.54) is 0 Å². The summed E-state index contributed by atoms with van der Waals surface area (Å²) in [6.45, 7) is 4.31. The van der Waals surface area contributed by atoms with Gasteiger partial charge in [-0.15, -0.1) is 0 Å². The van der Waals surface area contributed by atoms with Crippen molar-refractivity contribution in [2.75, 3.05) is 7.11 Å². The van der Waals surface area contributed by atoms with Gasteiger partial charge in [0.25, 0.3) is 0 Å². The molecule has 1 rings (SSSR count). The lowest BCUT2D eigenvalue weighted by Crippen LogP contribution is -2.19. The van der Waals surface area contributed by atoms with Crippen LogP contribution in [-0.2, 0) is 0 Å². The molecule has 2 N–H and O–H groups in total. The van der Waals surface area contributed by atoms with E-state index in [0.717, 1.165) is 22.2 Å². The molecule has 0 saturated heterocycles. The molecule has 0 saturated carbocycles. The lowest BCUT2D eigenvalue weighted by atomic mass is 9.93. The third kappa shape index (κ3) is 2.95. The van der Waals surface area contributed by atoms with Crippen LogP contribution in [0.2, 0.25) is 0 Å². The van der Waals surface area contributed by atoms with Crippen molar-refractivity contribution >= 4 is 15.9 Å². The number of benzene rings is 1. The topological polar surface area (TPSA) is 35.2 Å². The van der Waals surface area contributed by atoms with Crippen LogP contribution in [0, 0.1) is 5.92 Å². The van der Waals surface area contributed by atoms with Gasteiger partial charge in [0.1, 0.15) is 5.75 Å². The van der Waals surface area contributed by atoms with Crippen molar-refractivity contribution in [2.45, 2.75) is 26.3 Å². The Kier molecular flexibility index (Phi) is 4.61. The van der Waals surface area contributed by atoms with Crippen molar-refractivity contribution in [3.8, 4) is 5.75 Å². The van der Waals surface area contributed by atoms with Crippen LogP contribution >= 0.6 is 15.9 Å². The highest BCUT2D eigenvalue weighted by atomic mass is 79.9. The summed E-state index contributed by atoms with van der Waals surface area (Å²) in [5.41, 5.74) is 7.30. The minimum Gasteiger partial charge on any atom is -0.497 e. The molecule has 1 unspecified atom stereocenters. The van der Waals surface area contributed by atoms with Gasteiger partial charge in [0.05, 0.1) is 7.11 Å². The number of ether oxygens (including phenoxy) is 1. The highest BCUT2D eigenvalue weighted by molar-refractivity contribution is 9.10. The molecule has 0 radical (unpaired) electrons. The smallest absolute Gasteiger partial charge is 0.119 e. The Hall–Kier alpha value is -0.540. The number of hydrogen-bond donors (Lipinski definition) is 1. The van der Waals surface area contributed by atoms with Gasteiger partial charge in [0.15, 0.2) is 0 Å². The molecule has 0 bridgehead atoms. The van der Waals surface area contributed by atoms with Crippen LogP contribution in [-0.4, -0.2) is 7.11 Å². The Morgan fingerprint density at radius 1 is 1.47 bits per heavy atom. The first-order valence-electron chi connectivity index (χ1n) is 5.19.